The molecule has 0 aliphatic carbocycles. The summed E-state index contributed by atoms with van der Waals surface area (Å²) in [6.45, 7) is 5.49. The number of pyridine rings is 1. The van der Waals surface area contributed by atoms with Crippen LogP contribution in [0.5, 0.6) is 0 Å². The smallest absolute Gasteiger partial charge is 0.283 e. The van der Waals surface area contributed by atoms with Gasteiger partial charge in [0, 0.05) is 38.4 Å². The van der Waals surface area contributed by atoms with Gasteiger partial charge in [-0.3, -0.25) is 10.1 Å². The maximum atomic E-state index is 11.5. The van der Waals surface area contributed by atoms with Crippen molar-refractivity contribution >= 4 is 17.4 Å². The summed E-state index contributed by atoms with van der Waals surface area (Å²) in [6, 6.07) is 11.1. The summed E-state index contributed by atoms with van der Waals surface area (Å²) in [4.78, 5) is 20.9. The number of piperazine rings is 1. The predicted octanol–water partition coefficient (Wildman–Crippen LogP) is 3.32. The predicted molar refractivity (Wildman–Crippen MR) is 104 cm³/mol. The zero-order chi connectivity index (χ0) is 18.4. The summed E-state index contributed by atoms with van der Waals surface area (Å²) in [5.74, 6) is 0. The van der Waals surface area contributed by atoms with Gasteiger partial charge in [-0.05, 0) is 50.2 Å². The summed E-state index contributed by atoms with van der Waals surface area (Å²) < 4.78 is 0. The average Bonchev–Trinajstić information content (AvgIpc) is 2.65. The Bertz CT molecular complexity index is 734. The van der Waals surface area contributed by atoms with Gasteiger partial charge in [-0.15, -0.1) is 0 Å². The van der Waals surface area contributed by atoms with Gasteiger partial charge >= 0.3 is 0 Å². The van der Waals surface area contributed by atoms with Gasteiger partial charge in [0.1, 0.15) is 5.03 Å². The Morgan fingerprint density at radius 2 is 2.00 bits per heavy atom. The van der Waals surface area contributed by atoms with Gasteiger partial charge < -0.3 is 9.80 Å². The number of nitro benzene ring substituents is 1. The summed E-state index contributed by atoms with van der Waals surface area (Å²) in [5.41, 5.74) is 1.19. The van der Waals surface area contributed by atoms with E-state index in [1.807, 2.05) is 30.3 Å². The van der Waals surface area contributed by atoms with Crippen LogP contribution in [0, 0.1) is 10.1 Å². The normalized spacial score (nSPS) is 15.9. The molecule has 0 unspecified atom stereocenters. The van der Waals surface area contributed by atoms with Gasteiger partial charge in [-0.2, -0.15) is 0 Å². The lowest BCUT2D eigenvalue weighted by Crippen LogP contribution is -2.44. The standard InChI is InChI=1S/C19H24N4O2S/c1-21-11-13-22(14-12-21)10-4-5-16-7-8-18(17(15-16)23(24)25)26-19-6-2-3-9-20-19/h2-3,6-9,15H,4-5,10-14H2,1H3. The van der Waals surface area contributed by atoms with Crippen LogP contribution in [0.3, 0.4) is 0 Å². The van der Waals surface area contributed by atoms with E-state index in [0.717, 1.165) is 56.2 Å². The molecule has 0 saturated carbocycles. The molecule has 0 N–H and O–H groups in total. The van der Waals surface area contributed by atoms with Crippen molar-refractivity contribution in [3.05, 3.63) is 58.3 Å². The van der Waals surface area contributed by atoms with Crippen molar-refractivity contribution in [1.29, 1.82) is 0 Å². The van der Waals surface area contributed by atoms with Gasteiger partial charge in [0.05, 0.1) is 9.82 Å². The molecule has 0 amide bonds. The number of aromatic nitrogens is 1. The van der Waals surface area contributed by atoms with Crippen molar-refractivity contribution in [1.82, 2.24) is 14.8 Å². The Morgan fingerprint density at radius 3 is 2.69 bits per heavy atom. The van der Waals surface area contributed by atoms with Crippen molar-refractivity contribution in [2.24, 2.45) is 0 Å². The van der Waals surface area contributed by atoms with E-state index in [1.165, 1.54) is 11.8 Å². The van der Waals surface area contributed by atoms with Crippen LogP contribution in [0.2, 0.25) is 0 Å². The highest BCUT2D eigenvalue weighted by atomic mass is 32.2. The first-order chi connectivity index (χ1) is 12.6. The van der Waals surface area contributed by atoms with Crippen LogP contribution in [-0.2, 0) is 6.42 Å². The number of likely N-dealkylation sites (N-methyl/N-ethyl adjacent to an activating group) is 1. The zero-order valence-electron chi connectivity index (χ0n) is 15.0. The highest BCUT2D eigenvalue weighted by Gasteiger charge is 2.17. The summed E-state index contributed by atoms with van der Waals surface area (Å²) in [7, 11) is 2.15. The Balaban J connectivity index is 1.60. The van der Waals surface area contributed by atoms with Crippen molar-refractivity contribution in [3.63, 3.8) is 0 Å². The minimum absolute atomic E-state index is 0.165. The number of nitro groups is 1. The highest BCUT2D eigenvalue weighted by Crippen LogP contribution is 2.34. The molecule has 1 fully saturated rings. The maximum Gasteiger partial charge on any atom is 0.283 e. The summed E-state index contributed by atoms with van der Waals surface area (Å²) >= 11 is 1.33. The van der Waals surface area contributed by atoms with E-state index in [0.29, 0.717) is 4.90 Å². The fourth-order valence-corrected chi connectivity index (χ4v) is 3.91. The molecule has 0 radical (unpaired) electrons. The summed E-state index contributed by atoms with van der Waals surface area (Å²) in [6.07, 6.45) is 3.58. The van der Waals surface area contributed by atoms with Crippen molar-refractivity contribution in [2.45, 2.75) is 22.8 Å². The van der Waals surface area contributed by atoms with Crippen molar-refractivity contribution in [3.8, 4) is 0 Å². The molecule has 26 heavy (non-hydrogen) atoms. The minimum Gasteiger partial charge on any atom is -0.304 e. The third-order valence-corrected chi connectivity index (χ3v) is 5.62. The van der Waals surface area contributed by atoms with E-state index < -0.39 is 0 Å². The van der Waals surface area contributed by atoms with Gasteiger partial charge in [0.25, 0.3) is 5.69 Å². The monoisotopic (exact) mass is 372 g/mol. The molecule has 138 valence electrons. The molecular weight excluding hydrogens is 348 g/mol. The van der Waals surface area contributed by atoms with Crippen LogP contribution in [0.4, 0.5) is 5.69 Å². The first-order valence-corrected chi connectivity index (χ1v) is 9.70. The van der Waals surface area contributed by atoms with Crippen molar-refractivity contribution < 1.29 is 4.92 Å². The Labute approximate surface area is 158 Å². The van der Waals surface area contributed by atoms with Crippen LogP contribution in [-0.4, -0.2) is 59.5 Å². The topological polar surface area (TPSA) is 62.5 Å². The fourth-order valence-electron chi connectivity index (χ4n) is 3.05. The molecule has 7 heteroatoms. The Kier molecular flexibility index (Phi) is 6.60. The first kappa shape index (κ1) is 18.8. The quantitative estimate of drug-likeness (QED) is 0.549. The zero-order valence-corrected chi connectivity index (χ0v) is 15.8. The third kappa shape index (κ3) is 5.27. The molecule has 6 nitrogen and oxygen atoms in total. The molecule has 1 aliphatic heterocycles. The molecule has 1 aliphatic rings. The lowest BCUT2D eigenvalue weighted by Gasteiger charge is -2.32. The number of rotatable bonds is 7. The van der Waals surface area contributed by atoms with Crippen LogP contribution in [0.15, 0.2) is 52.5 Å². The Morgan fingerprint density at radius 1 is 1.19 bits per heavy atom. The molecule has 1 aromatic heterocycles. The molecule has 3 rings (SSSR count). The molecule has 0 bridgehead atoms. The third-order valence-electron chi connectivity index (χ3n) is 4.61. The number of aryl methyl sites for hydroxylation is 1. The van der Waals surface area contributed by atoms with Gasteiger partial charge in [0.15, 0.2) is 0 Å². The molecule has 1 saturated heterocycles. The van der Waals surface area contributed by atoms with E-state index in [1.54, 1.807) is 12.3 Å². The Hall–Kier alpha value is -1.96. The van der Waals surface area contributed by atoms with Crippen LogP contribution < -0.4 is 0 Å². The summed E-state index contributed by atoms with van der Waals surface area (Å²) in [5, 5.41) is 12.2. The molecule has 2 heterocycles. The molecule has 0 atom stereocenters. The number of hydrogen-bond acceptors (Lipinski definition) is 6. The van der Waals surface area contributed by atoms with Crippen molar-refractivity contribution in [2.75, 3.05) is 39.8 Å². The molecule has 1 aromatic carbocycles. The number of nitrogens with zero attached hydrogens (tertiary/aromatic N) is 4. The van der Waals surface area contributed by atoms with E-state index >= 15 is 0 Å². The van der Waals surface area contributed by atoms with Crippen LogP contribution in [0.1, 0.15) is 12.0 Å². The minimum atomic E-state index is -0.296. The van der Waals surface area contributed by atoms with Crippen LogP contribution >= 0.6 is 11.8 Å². The number of hydrogen-bond donors (Lipinski definition) is 0. The average molecular weight is 372 g/mol. The van der Waals surface area contributed by atoms with Gasteiger partial charge in [-0.25, -0.2) is 4.98 Å². The number of benzene rings is 1. The second-order valence-corrected chi connectivity index (χ2v) is 7.64. The second kappa shape index (κ2) is 9.12. The van der Waals surface area contributed by atoms with Crippen LogP contribution in [0.25, 0.3) is 0 Å². The molecular formula is C19H24N4O2S. The molecule has 2 aromatic rings. The lowest BCUT2D eigenvalue weighted by atomic mass is 10.1. The maximum absolute atomic E-state index is 11.5. The molecule has 0 spiro atoms. The largest absolute Gasteiger partial charge is 0.304 e. The van der Waals surface area contributed by atoms with E-state index in [-0.39, 0.29) is 10.6 Å². The van der Waals surface area contributed by atoms with E-state index in [2.05, 4.69) is 21.8 Å². The van der Waals surface area contributed by atoms with Gasteiger partial charge in [0.2, 0.25) is 0 Å². The van der Waals surface area contributed by atoms with Gasteiger partial charge in [-0.1, -0.05) is 23.9 Å². The SMILES string of the molecule is CN1CCN(CCCc2ccc(Sc3ccccn3)c([N+](=O)[O-])c2)CC1. The first-order valence-electron chi connectivity index (χ1n) is 8.89. The second-order valence-electron chi connectivity index (χ2n) is 6.58. The van der Waals surface area contributed by atoms with E-state index in [4.69, 9.17) is 0 Å². The fraction of sp³-hybridized carbons (Fsp3) is 0.421. The highest BCUT2D eigenvalue weighted by molar-refractivity contribution is 7.99. The van der Waals surface area contributed by atoms with E-state index in [9.17, 15) is 10.1 Å². The lowest BCUT2D eigenvalue weighted by molar-refractivity contribution is -0.387.